The van der Waals surface area contributed by atoms with Crippen LogP contribution in [0.4, 0.5) is 0 Å². The lowest BCUT2D eigenvalue weighted by atomic mass is 10.0. The molecule has 1 aliphatic heterocycles. The molecule has 1 aliphatic rings. The number of nitrogens with zero attached hydrogens (tertiary/aromatic N) is 1. The van der Waals surface area contributed by atoms with E-state index in [1.165, 1.54) is 0 Å². The van der Waals surface area contributed by atoms with Crippen molar-refractivity contribution in [3.8, 4) is 5.75 Å². The number of carbonyl (C=O) groups is 2. The Morgan fingerprint density at radius 3 is 2.79 bits per heavy atom. The Morgan fingerprint density at radius 1 is 1.24 bits per heavy atom. The lowest BCUT2D eigenvalue weighted by Crippen LogP contribution is -2.49. The highest BCUT2D eigenvalue weighted by Gasteiger charge is 2.41. The number of nitrogens with one attached hydrogen (secondary N) is 2. The number of amides is 2. The number of aromatic nitrogens is 1. The van der Waals surface area contributed by atoms with Gasteiger partial charge < -0.3 is 19.9 Å². The largest absolute Gasteiger partial charge is 0.480 e. The molecule has 2 unspecified atom stereocenters. The molecule has 180 valence electrons. The molecule has 2 heterocycles. The molecular weight excluding hydrogens is 450 g/mol. The molecule has 0 bridgehead atoms. The van der Waals surface area contributed by atoms with Gasteiger partial charge in [-0.15, -0.1) is 0 Å². The molecule has 0 radical (unpaired) electrons. The van der Waals surface area contributed by atoms with Crippen LogP contribution in [0.2, 0.25) is 5.02 Å². The quantitative estimate of drug-likeness (QED) is 0.430. The minimum absolute atomic E-state index is 0.0616. The van der Waals surface area contributed by atoms with Crippen molar-refractivity contribution in [3.63, 3.8) is 0 Å². The highest BCUT2D eigenvalue weighted by molar-refractivity contribution is 6.30. The van der Waals surface area contributed by atoms with Crippen molar-refractivity contribution < 1.29 is 14.3 Å². The summed E-state index contributed by atoms with van der Waals surface area (Å²) < 4.78 is 6.19. The van der Waals surface area contributed by atoms with Crippen LogP contribution >= 0.6 is 11.6 Å². The lowest BCUT2D eigenvalue weighted by Gasteiger charge is -2.31. The number of unbranched alkanes of at least 4 members (excludes halogenated alkanes) is 1. The van der Waals surface area contributed by atoms with E-state index in [2.05, 4.69) is 23.3 Å². The maximum absolute atomic E-state index is 13.8. The highest BCUT2D eigenvalue weighted by atomic mass is 35.5. The van der Waals surface area contributed by atoms with Gasteiger partial charge in [-0.1, -0.05) is 57.0 Å². The van der Waals surface area contributed by atoms with Gasteiger partial charge in [-0.2, -0.15) is 0 Å². The third-order valence-electron chi connectivity index (χ3n) is 6.34. The van der Waals surface area contributed by atoms with E-state index in [4.69, 9.17) is 16.3 Å². The predicted molar refractivity (Wildman–Crippen MR) is 135 cm³/mol. The number of aromatic amines is 1. The summed E-state index contributed by atoms with van der Waals surface area (Å²) in [5.41, 5.74) is 2.78. The summed E-state index contributed by atoms with van der Waals surface area (Å²) in [5.74, 6) is 0.0743. The number of rotatable bonds is 8. The van der Waals surface area contributed by atoms with Crippen molar-refractivity contribution in [3.05, 3.63) is 64.8 Å². The van der Waals surface area contributed by atoms with Gasteiger partial charge in [0.2, 0.25) is 5.91 Å². The van der Waals surface area contributed by atoms with Crippen LogP contribution in [0.5, 0.6) is 5.75 Å². The summed E-state index contributed by atoms with van der Waals surface area (Å²) in [5, 5.41) is 4.64. The molecular formula is C27H32ClN3O3. The van der Waals surface area contributed by atoms with Gasteiger partial charge in [0, 0.05) is 40.8 Å². The molecule has 0 spiro atoms. The molecule has 0 saturated heterocycles. The van der Waals surface area contributed by atoms with Crippen LogP contribution in [0.25, 0.3) is 10.9 Å². The fourth-order valence-electron chi connectivity index (χ4n) is 4.49. The highest BCUT2D eigenvalue weighted by Crippen LogP contribution is 2.37. The van der Waals surface area contributed by atoms with Crippen molar-refractivity contribution in [2.24, 2.45) is 5.92 Å². The van der Waals surface area contributed by atoms with Crippen molar-refractivity contribution in [2.45, 2.75) is 52.2 Å². The zero-order chi connectivity index (χ0) is 24.2. The monoisotopic (exact) mass is 481 g/mol. The average molecular weight is 482 g/mol. The third-order valence-corrected chi connectivity index (χ3v) is 6.57. The maximum atomic E-state index is 13.8. The van der Waals surface area contributed by atoms with E-state index in [9.17, 15) is 9.59 Å². The molecule has 0 saturated carbocycles. The molecule has 34 heavy (non-hydrogen) atoms. The number of hydrogen-bond acceptors (Lipinski definition) is 3. The first-order chi connectivity index (χ1) is 16.4. The van der Waals surface area contributed by atoms with E-state index in [0.717, 1.165) is 29.3 Å². The van der Waals surface area contributed by atoms with Crippen LogP contribution in [-0.2, 0) is 16.0 Å². The second kappa shape index (κ2) is 10.5. The Kier molecular flexibility index (Phi) is 7.47. The Balaban J connectivity index is 1.73. The van der Waals surface area contributed by atoms with Gasteiger partial charge in [-0.05, 0) is 48.6 Å². The van der Waals surface area contributed by atoms with E-state index in [1.807, 2.05) is 38.2 Å². The Labute approximate surface area is 205 Å². The lowest BCUT2D eigenvalue weighted by molar-refractivity contribution is -0.146. The number of ether oxygens (including phenoxy) is 1. The van der Waals surface area contributed by atoms with E-state index < -0.39 is 12.1 Å². The Hall–Kier alpha value is -2.99. The number of carbonyl (C=O) groups excluding carboxylic acids is 2. The second-order valence-corrected chi connectivity index (χ2v) is 9.59. The number of hydrogen-bond donors (Lipinski definition) is 2. The molecule has 1 aromatic heterocycles. The van der Waals surface area contributed by atoms with Crippen molar-refractivity contribution in [1.29, 1.82) is 0 Å². The van der Waals surface area contributed by atoms with Crippen LogP contribution in [0.1, 0.15) is 50.8 Å². The predicted octanol–water partition coefficient (Wildman–Crippen LogP) is 5.27. The van der Waals surface area contributed by atoms with Gasteiger partial charge in [-0.3, -0.25) is 9.59 Å². The van der Waals surface area contributed by atoms with Crippen molar-refractivity contribution in [2.75, 3.05) is 13.1 Å². The topological polar surface area (TPSA) is 74.4 Å². The van der Waals surface area contributed by atoms with Crippen LogP contribution in [0.15, 0.2) is 48.7 Å². The van der Waals surface area contributed by atoms with E-state index in [0.29, 0.717) is 35.8 Å². The zero-order valence-corrected chi connectivity index (χ0v) is 20.7. The number of halogens is 1. The Morgan fingerprint density at radius 2 is 2.03 bits per heavy atom. The molecule has 2 amide bonds. The first kappa shape index (κ1) is 24.1. The van der Waals surface area contributed by atoms with Gasteiger partial charge in [-0.25, -0.2) is 0 Å². The first-order valence-corrected chi connectivity index (χ1v) is 12.4. The van der Waals surface area contributed by atoms with Gasteiger partial charge in [0.25, 0.3) is 5.91 Å². The van der Waals surface area contributed by atoms with Gasteiger partial charge in [0.15, 0.2) is 6.10 Å². The van der Waals surface area contributed by atoms with Gasteiger partial charge >= 0.3 is 0 Å². The summed E-state index contributed by atoms with van der Waals surface area (Å²) in [6, 6.07) is 12.5. The SMILES string of the molecule is CCCCNC(=O)C1c2cc(Cl)ccc2OC(C(C)C)C(=O)N1CCc1c[nH]c2ccccc12. The fourth-order valence-corrected chi connectivity index (χ4v) is 4.67. The average Bonchev–Trinajstić information content (AvgIpc) is 3.18. The molecule has 2 atom stereocenters. The summed E-state index contributed by atoms with van der Waals surface area (Å²) in [7, 11) is 0. The number of H-pyrrole nitrogens is 1. The molecule has 4 rings (SSSR count). The molecule has 0 fully saturated rings. The van der Waals surface area contributed by atoms with Crippen LogP contribution in [0, 0.1) is 5.92 Å². The zero-order valence-electron chi connectivity index (χ0n) is 19.9. The minimum atomic E-state index is -0.813. The number of fused-ring (bicyclic) bond motifs is 2. The molecule has 7 heteroatoms. The summed E-state index contributed by atoms with van der Waals surface area (Å²) >= 11 is 6.34. The first-order valence-electron chi connectivity index (χ1n) is 12.0. The minimum Gasteiger partial charge on any atom is -0.480 e. The third kappa shape index (κ3) is 4.92. The fraction of sp³-hybridized carbons (Fsp3) is 0.407. The summed E-state index contributed by atoms with van der Waals surface area (Å²) in [4.78, 5) is 32.3. The van der Waals surface area contributed by atoms with Crippen molar-refractivity contribution >= 4 is 34.3 Å². The van der Waals surface area contributed by atoms with Crippen molar-refractivity contribution in [1.82, 2.24) is 15.2 Å². The van der Waals surface area contributed by atoms with E-state index in [1.54, 1.807) is 23.1 Å². The van der Waals surface area contributed by atoms with Crippen LogP contribution < -0.4 is 10.1 Å². The van der Waals surface area contributed by atoms with Gasteiger partial charge in [0.1, 0.15) is 11.8 Å². The van der Waals surface area contributed by atoms with Gasteiger partial charge in [0.05, 0.1) is 0 Å². The van der Waals surface area contributed by atoms with Crippen LogP contribution in [0.3, 0.4) is 0 Å². The molecule has 2 N–H and O–H groups in total. The Bertz CT molecular complexity index is 1170. The molecule has 0 aliphatic carbocycles. The van der Waals surface area contributed by atoms with Crippen LogP contribution in [-0.4, -0.2) is 40.9 Å². The normalized spacial score (nSPS) is 18.0. The molecule has 2 aromatic carbocycles. The maximum Gasteiger partial charge on any atom is 0.264 e. The smallest absolute Gasteiger partial charge is 0.264 e. The standard InChI is InChI=1S/C27H32ClN3O3/c1-4-5-13-29-26(32)24-21-15-19(28)10-11-23(21)34-25(17(2)3)27(33)31(24)14-12-18-16-30-22-9-7-6-8-20(18)22/h6-11,15-17,24-25,30H,4-5,12-14H2,1-3H3,(H,29,32). The second-order valence-electron chi connectivity index (χ2n) is 9.15. The molecule has 6 nitrogen and oxygen atoms in total. The molecule has 3 aromatic rings. The number of benzene rings is 2. The summed E-state index contributed by atoms with van der Waals surface area (Å²) in [6.07, 6.45) is 3.74. The van der Waals surface area contributed by atoms with E-state index >= 15 is 0 Å². The summed E-state index contributed by atoms with van der Waals surface area (Å²) in [6.45, 7) is 6.92. The van der Waals surface area contributed by atoms with E-state index in [-0.39, 0.29) is 17.7 Å². The number of para-hydroxylation sites is 1.